The maximum atomic E-state index is 11.9. The molecule has 0 radical (unpaired) electrons. The maximum Gasteiger partial charge on any atom is 0.256 e. The Bertz CT molecular complexity index is 587. The van der Waals surface area contributed by atoms with Crippen LogP contribution in [0.1, 0.15) is 11.3 Å². The molecule has 1 aromatic heterocycles. The summed E-state index contributed by atoms with van der Waals surface area (Å²) in [5.41, 5.74) is 2.96. The van der Waals surface area contributed by atoms with E-state index in [9.17, 15) is 4.79 Å². The molecule has 0 aliphatic heterocycles. The summed E-state index contributed by atoms with van der Waals surface area (Å²) in [6.45, 7) is 3.94. The average molecular weight is 278 g/mol. The fourth-order valence-corrected chi connectivity index (χ4v) is 2.29. The van der Waals surface area contributed by atoms with Crippen LogP contribution < -0.4 is 5.56 Å². The van der Waals surface area contributed by atoms with Crippen molar-refractivity contribution in [3.8, 4) is 5.69 Å². The molecule has 2 aromatic rings. The third-order valence-electron chi connectivity index (χ3n) is 2.44. The van der Waals surface area contributed by atoms with Crippen molar-refractivity contribution in [1.82, 2.24) is 4.57 Å². The average Bonchev–Trinajstić information content (AvgIpc) is 2.15. The molecule has 3 heteroatoms. The molecule has 1 aromatic carbocycles. The van der Waals surface area contributed by atoms with Gasteiger partial charge in [-0.15, -0.1) is 0 Å². The van der Waals surface area contributed by atoms with Gasteiger partial charge in [-0.2, -0.15) is 0 Å². The largest absolute Gasteiger partial charge is 0.282 e. The number of aromatic nitrogens is 1. The Hall–Kier alpha value is -1.35. The van der Waals surface area contributed by atoms with Gasteiger partial charge in [0.1, 0.15) is 0 Å². The van der Waals surface area contributed by atoms with Crippen LogP contribution in [-0.4, -0.2) is 4.57 Å². The SMILES string of the molecule is Cc1cccc(-n2c(C)cc(Br)cc2=O)c1. The molecule has 0 saturated carbocycles. The van der Waals surface area contributed by atoms with Crippen molar-refractivity contribution < 1.29 is 0 Å². The number of halogens is 1. The quantitative estimate of drug-likeness (QED) is 0.785. The Morgan fingerprint density at radius 2 is 1.88 bits per heavy atom. The van der Waals surface area contributed by atoms with Crippen molar-refractivity contribution in [3.63, 3.8) is 0 Å². The minimum absolute atomic E-state index is 0.0162. The molecule has 0 fully saturated rings. The van der Waals surface area contributed by atoms with Gasteiger partial charge in [0.25, 0.3) is 5.56 Å². The Morgan fingerprint density at radius 1 is 1.12 bits per heavy atom. The molecule has 0 aliphatic rings. The summed E-state index contributed by atoms with van der Waals surface area (Å²) in [5.74, 6) is 0. The Labute approximate surface area is 103 Å². The molecule has 0 saturated heterocycles. The summed E-state index contributed by atoms with van der Waals surface area (Å²) in [4.78, 5) is 11.9. The number of pyridine rings is 1. The smallest absolute Gasteiger partial charge is 0.256 e. The van der Waals surface area contributed by atoms with Crippen molar-refractivity contribution in [2.45, 2.75) is 13.8 Å². The summed E-state index contributed by atoms with van der Waals surface area (Å²) >= 11 is 3.32. The highest BCUT2D eigenvalue weighted by atomic mass is 79.9. The molecule has 0 atom stereocenters. The summed E-state index contributed by atoms with van der Waals surface area (Å²) in [6.07, 6.45) is 0. The van der Waals surface area contributed by atoms with E-state index in [4.69, 9.17) is 0 Å². The van der Waals surface area contributed by atoms with Crippen LogP contribution in [-0.2, 0) is 0 Å². The highest BCUT2D eigenvalue weighted by molar-refractivity contribution is 9.10. The van der Waals surface area contributed by atoms with E-state index in [1.807, 2.05) is 44.2 Å². The molecule has 0 N–H and O–H groups in total. The van der Waals surface area contributed by atoms with Crippen LogP contribution in [0.3, 0.4) is 0 Å². The molecule has 0 aliphatic carbocycles. The lowest BCUT2D eigenvalue weighted by Gasteiger charge is -2.10. The fourth-order valence-electron chi connectivity index (χ4n) is 1.76. The van der Waals surface area contributed by atoms with E-state index in [1.165, 1.54) is 0 Å². The first-order valence-electron chi connectivity index (χ1n) is 5.04. The number of hydrogen-bond donors (Lipinski definition) is 0. The van der Waals surface area contributed by atoms with Gasteiger partial charge >= 0.3 is 0 Å². The number of rotatable bonds is 1. The molecule has 1 heterocycles. The van der Waals surface area contributed by atoms with Gasteiger partial charge in [0, 0.05) is 21.9 Å². The summed E-state index contributed by atoms with van der Waals surface area (Å²) < 4.78 is 2.52. The molecule has 0 unspecified atom stereocenters. The van der Waals surface area contributed by atoms with Crippen LogP contribution >= 0.6 is 15.9 Å². The second-order valence-electron chi connectivity index (χ2n) is 3.83. The lowest BCUT2D eigenvalue weighted by molar-refractivity contribution is 0.929. The van der Waals surface area contributed by atoms with E-state index < -0.39 is 0 Å². The lowest BCUT2D eigenvalue weighted by Crippen LogP contribution is -2.19. The van der Waals surface area contributed by atoms with Gasteiger partial charge in [0.05, 0.1) is 0 Å². The van der Waals surface area contributed by atoms with Crippen LogP contribution in [0.2, 0.25) is 0 Å². The molecule has 16 heavy (non-hydrogen) atoms. The van der Waals surface area contributed by atoms with Gasteiger partial charge in [-0.25, -0.2) is 0 Å². The third kappa shape index (κ3) is 2.09. The molecular weight excluding hydrogens is 266 g/mol. The molecule has 0 bridgehead atoms. The molecule has 0 amide bonds. The van der Waals surface area contributed by atoms with Crippen LogP contribution in [0.5, 0.6) is 0 Å². The number of nitrogens with zero attached hydrogens (tertiary/aromatic N) is 1. The summed E-state index contributed by atoms with van der Waals surface area (Å²) in [7, 11) is 0. The van der Waals surface area contributed by atoms with Gasteiger partial charge in [-0.3, -0.25) is 9.36 Å². The predicted molar refractivity (Wildman–Crippen MR) is 69.2 cm³/mol. The van der Waals surface area contributed by atoms with Gasteiger partial charge in [-0.1, -0.05) is 28.1 Å². The predicted octanol–water partition coefficient (Wildman–Crippen LogP) is 3.22. The van der Waals surface area contributed by atoms with Crippen molar-refractivity contribution in [2.75, 3.05) is 0 Å². The van der Waals surface area contributed by atoms with Crippen LogP contribution in [0.15, 0.2) is 45.7 Å². The second kappa shape index (κ2) is 4.26. The van der Waals surface area contributed by atoms with E-state index in [0.29, 0.717) is 0 Å². The van der Waals surface area contributed by atoms with Gasteiger partial charge in [-0.05, 0) is 37.6 Å². The van der Waals surface area contributed by atoms with E-state index in [1.54, 1.807) is 10.6 Å². The minimum Gasteiger partial charge on any atom is -0.282 e. The maximum absolute atomic E-state index is 11.9. The van der Waals surface area contributed by atoms with E-state index in [0.717, 1.165) is 21.4 Å². The first-order valence-corrected chi connectivity index (χ1v) is 5.83. The normalized spacial score (nSPS) is 10.4. The van der Waals surface area contributed by atoms with Crippen LogP contribution in [0, 0.1) is 13.8 Å². The van der Waals surface area contributed by atoms with Crippen molar-refractivity contribution >= 4 is 15.9 Å². The third-order valence-corrected chi connectivity index (χ3v) is 2.90. The highest BCUT2D eigenvalue weighted by Crippen LogP contribution is 2.14. The Kier molecular flexibility index (Phi) is 2.97. The summed E-state index contributed by atoms with van der Waals surface area (Å²) in [6, 6.07) is 11.4. The zero-order chi connectivity index (χ0) is 11.7. The van der Waals surface area contributed by atoms with Gasteiger partial charge in [0.15, 0.2) is 0 Å². The van der Waals surface area contributed by atoms with Gasteiger partial charge < -0.3 is 0 Å². The second-order valence-corrected chi connectivity index (χ2v) is 4.74. The van der Waals surface area contributed by atoms with Crippen LogP contribution in [0.25, 0.3) is 5.69 Å². The molecule has 0 spiro atoms. The molecule has 2 nitrogen and oxygen atoms in total. The zero-order valence-corrected chi connectivity index (χ0v) is 10.8. The van der Waals surface area contributed by atoms with Gasteiger partial charge in [0.2, 0.25) is 0 Å². The monoisotopic (exact) mass is 277 g/mol. The van der Waals surface area contributed by atoms with Crippen molar-refractivity contribution in [2.24, 2.45) is 0 Å². The number of benzene rings is 1. The zero-order valence-electron chi connectivity index (χ0n) is 9.20. The first kappa shape index (κ1) is 11.1. The summed E-state index contributed by atoms with van der Waals surface area (Å²) in [5, 5.41) is 0. The number of aryl methyl sites for hydroxylation is 2. The van der Waals surface area contributed by atoms with Crippen molar-refractivity contribution in [1.29, 1.82) is 0 Å². The highest BCUT2D eigenvalue weighted by Gasteiger charge is 2.04. The minimum atomic E-state index is -0.0162. The van der Waals surface area contributed by atoms with Crippen LogP contribution in [0.4, 0.5) is 0 Å². The van der Waals surface area contributed by atoms with E-state index >= 15 is 0 Å². The van der Waals surface area contributed by atoms with E-state index in [2.05, 4.69) is 15.9 Å². The topological polar surface area (TPSA) is 22.0 Å². The van der Waals surface area contributed by atoms with E-state index in [-0.39, 0.29) is 5.56 Å². The Morgan fingerprint density at radius 3 is 2.50 bits per heavy atom. The number of hydrogen-bond acceptors (Lipinski definition) is 1. The lowest BCUT2D eigenvalue weighted by atomic mass is 10.2. The Balaban J connectivity index is 2.70. The van der Waals surface area contributed by atoms with Crippen molar-refractivity contribution in [3.05, 3.63) is 62.5 Å². The fraction of sp³-hybridized carbons (Fsp3) is 0.154. The first-order chi connectivity index (χ1) is 7.58. The molecular formula is C13H12BrNO. The standard InChI is InChI=1S/C13H12BrNO/c1-9-4-3-5-12(6-9)15-10(2)7-11(14)8-13(15)16/h3-8H,1-2H3. The molecule has 82 valence electrons. The molecule has 2 rings (SSSR count).